The Morgan fingerprint density at radius 3 is 2.41 bits per heavy atom. The number of hydrogen-bond donors (Lipinski definition) is 1. The number of amides is 2. The van der Waals surface area contributed by atoms with Gasteiger partial charge in [0.15, 0.2) is 0 Å². The number of nitrogens with one attached hydrogen (secondary N) is 1. The summed E-state index contributed by atoms with van der Waals surface area (Å²) in [6.07, 6.45) is -2.17. The average molecular weight is 538 g/mol. The fourth-order valence-electron chi connectivity index (χ4n) is 4.37. The Kier molecular flexibility index (Phi) is 7.18. The second-order valence-corrected chi connectivity index (χ2v) is 9.02. The zero-order valence-electron chi connectivity index (χ0n) is 21.2. The van der Waals surface area contributed by atoms with Gasteiger partial charge in [-0.3, -0.25) is 9.59 Å². The van der Waals surface area contributed by atoms with Crippen LogP contribution in [-0.4, -0.2) is 29.0 Å². The van der Waals surface area contributed by atoms with E-state index in [4.69, 9.17) is 0 Å². The molecule has 1 aliphatic heterocycles. The lowest BCUT2D eigenvalue weighted by molar-refractivity contribution is -0.138. The van der Waals surface area contributed by atoms with Gasteiger partial charge in [-0.05, 0) is 63.2 Å². The van der Waals surface area contributed by atoms with Gasteiger partial charge in [0.05, 0.1) is 22.4 Å². The Labute approximate surface area is 221 Å². The molecule has 0 radical (unpaired) electrons. The van der Waals surface area contributed by atoms with Gasteiger partial charge in [-0.15, -0.1) is 0 Å². The van der Waals surface area contributed by atoms with E-state index in [0.717, 1.165) is 24.3 Å². The highest BCUT2D eigenvalue weighted by atomic mass is 19.4. The van der Waals surface area contributed by atoms with Crippen molar-refractivity contribution in [3.63, 3.8) is 0 Å². The van der Waals surface area contributed by atoms with Crippen molar-refractivity contribution in [2.75, 3.05) is 10.2 Å². The number of aromatic nitrogens is 1. The fourth-order valence-corrected chi connectivity index (χ4v) is 4.37. The molecule has 4 rings (SSSR count). The summed E-state index contributed by atoms with van der Waals surface area (Å²) >= 11 is 0. The first-order valence-electron chi connectivity index (χ1n) is 11.7. The van der Waals surface area contributed by atoms with Crippen LogP contribution in [0.5, 0.6) is 0 Å². The first-order valence-corrected chi connectivity index (χ1v) is 11.7. The highest BCUT2D eigenvalue weighted by Crippen LogP contribution is 2.47. The minimum atomic E-state index is -4.88. The third-order valence-electron chi connectivity index (χ3n) is 6.09. The van der Waals surface area contributed by atoms with E-state index in [9.17, 15) is 27.2 Å². The highest BCUT2D eigenvalue weighted by Gasteiger charge is 2.47. The van der Waals surface area contributed by atoms with Gasteiger partial charge in [0.25, 0.3) is 5.91 Å². The quantitative estimate of drug-likeness (QED) is 0.238. The fraction of sp³-hybridized carbons (Fsp3) is 0.179. The van der Waals surface area contributed by atoms with E-state index in [1.807, 2.05) is 0 Å². The number of hydrogen-bond acceptors (Lipinski definition) is 4. The summed E-state index contributed by atoms with van der Waals surface area (Å²) in [5.74, 6) is -1.99. The van der Waals surface area contributed by atoms with Crippen LogP contribution >= 0.6 is 0 Å². The second kappa shape index (κ2) is 10.2. The number of alkyl halides is 3. The van der Waals surface area contributed by atoms with Crippen molar-refractivity contribution < 1.29 is 27.2 Å². The van der Waals surface area contributed by atoms with Crippen LogP contribution in [0.3, 0.4) is 0 Å². The minimum absolute atomic E-state index is 0.0491. The lowest BCUT2D eigenvalue weighted by Gasteiger charge is -2.20. The number of benzene rings is 2. The van der Waals surface area contributed by atoms with Crippen molar-refractivity contribution >= 4 is 35.4 Å². The number of halogens is 4. The number of nitrogens with zero attached hydrogens (tertiary/aromatic N) is 4. The maximum absolute atomic E-state index is 13.9. The van der Waals surface area contributed by atoms with Gasteiger partial charge >= 0.3 is 6.18 Å². The van der Waals surface area contributed by atoms with Crippen molar-refractivity contribution in [1.82, 2.24) is 4.98 Å². The number of anilines is 2. The Balaban J connectivity index is 1.88. The van der Waals surface area contributed by atoms with Gasteiger partial charge < -0.3 is 5.32 Å². The van der Waals surface area contributed by atoms with E-state index in [1.54, 1.807) is 39.0 Å². The van der Waals surface area contributed by atoms with Gasteiger partial charge in [-0.25, -0.2) is 24.3 Å². The van der Waals surface area contributed by atoms with Crippen LogP contribution in [0, 0.1) is 5.82 Å². The number of pyridine rings is 1. The van der Waals surface area contributed by atoms with Crippen LogP contribution in [0.4, 0.5) is 28.9 Å². The molecule has 200 valence electrons. The maximum atomic E-state index is 13.9. The molecular formula is C28H23F4N5O2. The van der Waals surface area contributed by atoms with Crippen molar-refractivity contribution in [3.05, 3.63) is 90.0 Å². The van der Waals surface area contributed by atoms with Crippen molar-refractivity contribution in [1.29, 1.82) is 0 Å². The van der Waals surface area contributed by atoms with Gasteiger partial charge in [0.1, 0.15) is 11.5 Å². The molecule has 0 atom stereocenters. The summed E-state index contributed by atoms with van der Waals surface area (Å²) < 4.78 is 54.8. The summed E-state index contributed by atoms with van der Waals surface area (Å²) in [5, 5.41) is 2.33. The summed E-state index contributed by atoms with van der Waals surface area (Å²) in [6.45, 7) is 8.57. The van der Waals surface area contributed by atoms with Crippen molar-refractivity contribution in [2.24, 2.45) is 9.98 Å². The third-order valence-corrected chi connectivity index (χ3v) is 6.09. The van der Waals surface area contributed by atoms with E-state index in [2.05, 4.69) is 26.9 Å². The monoisotopic (exact) mass is 537 g/mol. The molecule has 1 aliphatic rings. The van der Waals surface area contributed by atoms with E-state index in [1.165, 1.54) is 29.4 Å². The molecule has 11 heteroatoms. The van der Waals surface area contributed by atoms with Crippen LogP contribution in [0.15, 0.2) is 77.4 Å². The van der Waals surface area contributed by atoms with Crippen LogP contribution < -0.4 is 10.2 Å². The third kappa shape index (κ3) is 5.07. The Morgan fingerprint density at radius 2 is 1.79 bits per heavy atom. The van der Waals surface area contributed by atoms with Crippen LogP contribution in [0.1, 0.15) is 42.4 Å². The lowest BCUT2D eigenvalue weighted by Crippen LogP contribution is -2.39. The predicted molar refractivity (Wildman–Crippen MR) is 141 cm³/mol. The molecule has 3 aromatic rings. The molecule has 2 heterocycles. The minimum Gasteiger partial charge on any atom is -0.321 e. The average Bonchev–Trinajstić information content (AvgIpc) is 3.09. The van der Waals surface area contributed by atoms with Crippen LogP contribution in [-0.2, 0) is 16.4 Å². The number of fused-ring (bicyclic) bond motifs is 1. The molecule has 0 bridgehead atoms. The number of guanidine groups is 1. The molecule has 1 N–H and O–H groups in total. The Morgan fingerprint density at radius 1 is 1.10 bits per heavy atom. The molecule has 0 unspecified atom stereocenters. The Bertz CT molecular complexity index is 1530. The first-order chi connectivity index (χ1) is 18.4. The molecule has 0 fully saturated rings. The summed E-state index contributed by atoms with van der Waals surface area (Å²) in [4.78, 5) is 40.2. The lowest BCUT2D eigenvalue weighted by atomic mass is 9.82. The second-order valence-electron chi connectivity index (χ2n) is 9.02. The smallest absolute Gasteiger partial charge is 0.321 e. The van der Waals surface area contributed by atoms with E-state index >= 15 is 0 Å². The standard InChI is InChI=1S/C28H23F4N5O2/c1-5-33-26(34-6-2)37-21-9-7-8-18(22(21)27(3,4)25(37)39)20-15-14-19(28(30,31)32)23(36-20)24(38)35-17-12-10-16(29)11-13-17/h5-15H,1H2,2-4H3,(H,35,38)/b33-26?,34-6-. The normalized spacial score (nSPS) is 15.0. The van der Waals surface area contributed by atoms with Gasteiger partial charge in [0.2, 0.25) is 11.9 Å². The van der Waals surface area contributed by atoms with Crippen molar-refractivity contribution in [3.8, 4) is 11.3 Å². The summed E-state index contributed by atoms with van der Waals surface area (Å²) in [6, 6.07) is 11.4. The van der Waals surface area contributed by atoms with E-state index in [0.29, 0.717) is 16.8 Å². The molecule has 7 nitrogen and oxygen atoms in total. The number of carbonyl (C=O) groups is 2. The number of aliphatic imine (C=N–C) groups is 2. The predicted octanol–water partition coefficient (Wildman–Crippen LogP) is 6.37. The molecule has 0 aliphatic carbocycles. The summed E-state index contributed by atoms with van der Waals surface area (Å²) in [7, 11) is 0. The van der Waals surface area contributed by atoms with E-state index in [-0.39, 0.29) is 23.2 Å². The van der Waals surface area contributed by atoms with Gasteiger partial charge in [0, 0.05) is 29.2 Å². The molecular weight excluding hydrogens is 514 g/mol. The zero-order chi connectivity index (χ0) is 28.5. The SMILES string of the molecule is C=CN=C(/N=C\C)N1C(=O)C(C)(C)c2c(-c3ccc(C(F)(F)F)c(C(=O)Nc4ccc(F)cc4)n3)cccc21. The Hall–Kier alpha value is -4.67. The van der Waals surface area contributed by atoms with Gasteiger partial charge in [-0.1, -0.05) is 18.7 Å². The largest absolute Gasteiger partial charge is 0.418 e. The summed E-state index contributed by atoms with van der Waals surface area (Å²) in [5.41, 5.74) is -1.85. The first kappa shape index (κ1) is 27.4. The van der Waals surface area contributed by atoms with Gasteiger partial charge in [-0.2, -0.15) is 13.2 Å². The molecule has 2 aromatic carbocycles. The molecule has 2 amide bonds. The number of rotatable bonds is 4. The molecule has 39 heavy (non-hydrogen) atoms. The highest BCUT2D eigenvalue weighted by molar-refractivity contribution is 6.25. The van der Waals surface area contributed by atoms with Crippen LogP contribution in [0.25, 0.3) is 11.3 Å². The molecule has 1 aromatic heterocycles. The molecule has 0 saturated carbocycles. The number of carbonyl (C=O) groups excluding carboxylic acids is 2. The molecule has 0 saturated heterocycles. The van der Waals surface area contributed by atoms with Crippen LogP contribution in [0.2, 0.25) is 0 Å². The molecule has 0 spiro atoms. The van der Waals surface area contributed by atoms with Crippen molar-refractivity contribution in [2.45, 2.75) is 32.4 Å². The van der Waals surface area contributed by atoms with E-state index < -0.39 is 34.6 Å². The zero-order valence-corrected chi connectivity index (χ0v) is 21.2. The topological polar surface area (TPSA) is 87.0 Å². The maximum Gasteiger partial charge on any atom is 0.418 e.